The highest BCUT2D eigenvalue weighted by molar-refractivity contribution is 6.71. The first kappa shape index (κ1) is 22.6. The average Bonchev–Trinajstić information content (AvgIpc) is 3.56. The van der Waals surface area contributed by atoms with Crippen LogP contribution in [0.2, 0.25) is 0 Å². The number of hydrogen-bond acceptors (Lipinski definition) is 8. The van der Waals surface area contributed by atoms with E-state index in [4.69, 9.17) is 0 Å². The Morgan fingerprint density at radius 2 is 1.81 bits per heavy atom. The van der Waals surface area contributed by atoms with Crippen molar-refractivity contribution in [1.29, 1.82) is 0 Å². The molecule has 4 aromatic rings. The molecule has 1 amide bonds. The van der Waals surface area contributed by atoms with Gasteiger partial charge < -0.3 is 5.11 Å². The predicted molar refractivity (Wildman–Crippen MR) is 141 cm³/mol. The van der Waals surface area contributed by atoms with Gasteiger partial charge in [-0.25, -0.2) is 5.10 Å². The number of hydrogen-bond donors (Lipinski definition) is 3. The molecule has 37 heavy (non-hydrogen) atoms. The van der Waals surface area contributed by atoms with E-state index in [0.717, 1.165) is 36.1 Å². The number of tetrazole rings is 1. The van der Waals surface area contributed by atoms with Gasteiger partial charge in [0.15, 0.2) is 11.5 Å². The average molecular weight is 493 g/mol. The first-order valence-corrected chi connectivity index (χ1v) is 12.1. The number of anilines is 2. The number of fused-ring (bicyclic) bond motifs is 1. The molecule has 0 atom stereocenters. The van der Waals surface area contributed by atoms with Gasteiger partial charge in [0.1, 0.15) is 5.75 Å². The van der Waals surface area contributed by atoms with Crippen LogP contribution < -0.4 is 10.4 Å². The Morgan fingerprint density at radius 3 is 2.65 bits per heavy atom. The third kappa shape index (κ3) is 4.22. The van der Waals surface area contributed by atoms with E-state index in [1.807, 2.05) is 30.3 Å². The summed E-state index contributed by atoms with van der Waals surface area (Å²) in [7, 11) is 0. The molecule has 3 N–H and O–H groups in total. The number of nitrogens with zero attached hydrogens (tertiary/aromatic N) is 6. The largest absolute Gasteiger partial charge is 0.505 e. The second kappa shape index (κ2) is 9.30. The van der Waals surface area contributed by atoms with Gasteiger partial charge in [0.25, 0.3) is 0 Å². The van der Waals surface area contributed by atoms with E-state index in [9.17, 15) is 9.90 Å². The first-order chi connectivity index (χ1) is 18.1. The Balaban J connectivity index is 1.25. The quantitative estimate of drug-likeness (QED) is 0.281. The lowest BCUT2D eigenvalue weighted by molar-refractivity contribution is -0.112. The number of carbonyl (C=O) groups excluding carboxylic acids is 1. The summed E-state index contributed by atoms with van der Waals surface area (Å²) in [5.41, 5.74) is 9.43. The zero-order chi connectivity index (χ0) is 25.4. The zero-order valence-corrected chi connectivity index (χ0v) is 20.1. The molecule has 0 unspecified atom stereocenters. The van der Waals surface area contributed by atoms with Crippen molar-refractivity contribution >= 4 is 28.7 Å². The number of rotatable bonds is 5. The lowest BCUT2D eigenvalue weighted by atomic mass is 9.91. The number of nitrogens with one attached hydrogen (secondary N) is 2. The second-order valence-electron chi connectivity index (χ2n) is 9.07. The fraction of sp³-hybridized carbons (Fsp3) is 0.185. The minimum absolute atomic E-state index is 0.00581. The fourth-order valence-corrected chi connectivity index (χ4v) is 4.75. The SMILES string of the molecule is CC1=NN(c2ccc3c(c2)CCCC3)C(=O)/C1=N\Nc1cccc(-c2cccc(-c3nnn[nH]3)c2)c1O. The van der Waals surface area contributed by atoms with E-state index < -0.39 is 0 Å². The standard InChI is InChI=1S/C27H24N8O2/c1-16-24(27(37)35(32-16)21-13-12-17-6-2-3-7-18(17)15-21)29-28-23-11-5-10-22(25(23)36)19-8-4-9-20(14-19)26-30-33-34-31-26/h4-5,8-15,28,36H,2-3,6-7H2,1H3,(H,30,31,33,34)/b29-24-. The van der Waals surface area contributed by atoms with Crippen LogP contribution in [0.4, 0.5) is 11.4 Å². The number of H-pyrrole nitrogens is 1. The Labute approximate surface area is 212 Å². The maximum absolute atomic E-state index is 13.2. The van der Waals surface area contributed by atoms with Gasteiger partial charge >= 0.3 is 5.91 Å². The van der Waals surface area contributed by atoms with Gasteiger partial charge in [-0.2, -0.15) is 15.2 Å². The van der Waals surface area contributed by atoms with E-state index in [-0.39, 0.29) is 17.4 Å². The van der Waals surface area contributed by atoms with Crippen molar-refractivity contribution in [3.8, 4) is 28.3 Å². The number of aryl methyl sites for hydroxylation is 2. The molecule has 184 valence electrons. The van der Waals surface area contributed by atoms with Crippen LogP contribution in [-0.2, 0) is 17.6 Å². The van der Waals surface area contributed by atoms with Crippen molar-refractivity contribution in [3.05, 3.63) is 71.8 Å². The van der Waals surface area contributed by atoms with Crippen molar-refractivity contribution in [2.24, 2.45) is 10.2 Å². The van der Waals surface area contributed by atoms with Gasteiger partial charge in [-0.3, -0.25) is 10.2 Å². The van der Waals surface area contributed by atoms with Crippen molar-refractivity contribution in [3.63, 3.8) is 0 Å². The summed E-state index contributed by atoms with van der Waals surface area (Å²) in [6.45, 7) is 1.75. The summed E-state index contributed by atoms with van der Waals surface area (Å²) in [5.74, 6) is 0.219. The number of amides is 1. The predicted octanol–water partition coefficient (Wildman–Crippen LogP) is 4.31. The molecule has 1 aromatic heterocycles. The normalized spacial score (nSPS) is 16.1. The highest BCUT2D eigenvalue weighted by Crippen LogP contribution is 2.36. The molecule has 0 saturated heterocycles. The van der Waals surface area contributed by atoms with Crippen LogP contribution >= 0.6 is 0 Å². The van der Waals surface area contributed by atoms with Crippen LogP contribution in [0.15, 0.2) is 70.9 Å². The number of phenolic OH excluding ortho intramolecular Hbond substituents is 1. The molecule has 0 fully saturated rings. The van der Waals surface area contributed by atoms with Crippen molar-refractivity contribution in [2.75, 3.05) is 10.4 Å². The number of para-hydroxylation sites is 1. The highest BCUT2D eigenvalue weighted by Gasteiger charge is 2.31. The number of benzene rings is 3. The van der Waals surface area contributed by atoms with Crippen LogP contribution in [0.5, 0.6) is 5.75 Å². The number of phenols is 1. The van der Waals surface area contributed by atoms with Gasteiger partial charge in [-0.05, 0) is 84.0 Å². The molecular formula is C27H24N8O2. The number of aromatic amines is 1. The maximum Gasteiger partial charge on any atom is 0.301 e. The third-order valence-corrected chi connectivity index (χ3v) is 6.68. The highest BCUT2D eigenvalue weighted by atomic mass is 16.3. The molecule has 10 heteroatoms. The molecule has 1 aliphatic heterocycles. The summed E-state index contributed by atoms with van der Waals surface area (Å²) in [6.07, 6.45) is 4.46. The van der Waals surface area contributed by atoms with Crippen LogP contribution in [0.25, 0.3) is 22.5 Å². The maximum atomic E-state index is 13.2. The molecule has 0 radical (unpaired) electrons. The molecule has 1 aliphatic carbocycles. The Morgan fingerprint density at radius 1 is 1.00 bits per heavy atom. The second-order valence-corrected chi connectivity index (χ2v) is 9.07. The molecule has 2 aliphatic rings. The Hall–Kier alpha value is -4.86. The van der Waals surface area contributed by atoms with E-state index in [1.165, 1.54) is 22.6 Å². The molecule has 3 aromatic carbocycles. The number of aromatic hydroxyl groups is 1. The van der Waals surface area contributed by atoms with Crippen molar-refractivity contribution in [1.82, 2.24) is 20.6 Å². The van der Waals surface area contributed by atoms with E-state index in [1.54, 1.807) is 25.1 Å². The summed E-state index contributed by atoms with van der Waals surface area (Å²) in [5, 5.41) is 35.1. The van der Waals surface area contributed by atoms with E-state index in [2.05, 4.69) is 48.4 Å². The summed E-state index contributed by atoms with van der Waals surface area (Å²) in [6, 6.07) is 18.9. The Bertz CT molecular complexity index is 1560. The molecule has 0 saturated carbocycles. The van der Waals surface area contributed by atoms with Crippen LogP contribution in [-0.4, -0.2) is 43.1 Å². The van der Waals surface area contributed by atoms with Gasteiger partial charge in [-0.15, -0.1) is 5.10 Å². The number of hydrazone groups is 2. The topological polar surface area (TPSA) is 132 Å². The molecular weight excluding hydrogens is 468 g/mol. The van der Waals surface area contributed by atoms with Crippen LogP contribution in [0.3, 0.4) is 0 Å². The lowest BCUT2D eigenvalue weighted by Crippen LogP contribution is -2.28. The Kier molecular flexibility index (Phi) is 5.68. The molecule has 6 rings (SSSR count). The minimum Gasteiger partial charge on any atom is -0.505 e. The molecule has 0 spiro atoms. The van der Waals surface area contributed by atoms with Gasteiger partial charge in [-0.1, -0.05) is 36.4 Å². The van der Waals surface area contributed by atoms with Crippen LogP contribution in [0.1, 0.15) is 30.9 Å². The van der Waals surface area contributed by atoms with Gasteiger partial charge in [0, 0.05) is 11.1 Å². The van der Waals surface area contributed by atoms with Crippen molar-refractivity contribution in [2.45, 2.75) is 32.6 Å². The summed E-state index contributed by atoms with van der Waals surface area (Å²) in [4.78, 5) is 13.2. The third-order valence-electron chi connectivity index (χ3n) is 6.68. The monoisotopic (exact) mass is 492 g/mol. The smallest absolute Gasteiger partial charge is 0.301 e. The lowest BCUT2D eigenvalue weighted by Gasteiger charge is -2.19. The van der Waals surface area contributed by atoms with E-state index in [0.29, 0.717) is 22.8 Å². The molecule has 2 heterocycles. The summed E-state index contributed by atoms with van der Waals surface area (Å²) >= 11 is 0. The summed E-state index contributed by atoms with van der Waals surface area (Å²) < 4.78 is 0. The van der Waals surface area contributed by atoms with Crippen molar-refractivity contribution < 1.29 is 9.90 Å². The molecule has 0 bridgehead atoms. The van der Waals surface area contributed by atoms with Gasteiger partial charge in [0.2, 0.25) is 0 Å². The van der Waals surface area contributed by atoms with E-state index >= 15 is 0 Å². The van der Waals surface area contributed by atoms with Gasteiger partial charge in [0.05, 0.1) is 17.1 Å². The first-order valence-electron chi connectivity index (χ1n) is 12.1. The fourth-order valence-electron chi connectivity index (χ4n) is 4.75. The zero-order valence-electron chi connectivity index (χ0n) is 20.1. The van der Waals surface area contributed by atoms with Crippen LogP contribution in [0, 0.1) is 0 Å². The minimum atomic E-state index is -0.315. The number of aromatic nitrogens is 4. The molecule has 10 nitrogen and oxygen atoms in total. The number of carbonyl (C=O) groups is 1.